The largest absolute Gasteiger partial charge is 0.508 e. The second kappa shape index (κ2) is 13.2. The molecule has 0 aromatic heterocycles. The monoisotopic (exact) mass is 462 g/mol. The minimum atomic E-state index is -0.332. The molecule has 0 saturated carbocycles. The van der Waals surface area contributed by atoms with Crippen molar-refractivity contribution >= 4 is 11.5 Å². The first-order valence-electron chi connectivity index (χ1n) is 12.4. The predicted octanol–water partition coefficient (Wildman–Crippen LogP) is 8.79. The molecule has 1 N–H and O–H groups in total. The highest BCUT2D eigenvalue weighted by molar-refractivity contribution is 6.22. The molecule has 0 unspecified atom stereocenters. The standard InChI is InChI=1S/C31H42O3/c1-21(2)11-8-12-23(5)13-9-14-24(6)15-10-16-25(7)17-18-26-19-27(32)20-28-29(22(3)4)31(33)34-30(26)28/h11,13,15,17,19-20,32H,8-10,12,14,16,18H2,1-7H3/b23-13+,24-15?,25-17+. The highest BCUT2D eigenvalue weighted by atomic mass is 16.5. The van der Waals surface area contributed by atoms with E-state index in [1.54, 1.807) is 12.1 Å². The fraction of sp³-hybridized carbons (Fsp3) is 0.452. The number of rotatable bonds is 11. The van der Waals surface area contributed by atoms with Crippen molar-refractivity contribution < 1.29 is 14.6 Å². The third-order valence-corrected chi connectivity index (χ3v) is 6.14. The zero-order valence-electron chi connectivity index (χ0n) is 22.2. The van der Waals surface area contributed by atoms with E-state index in [2.05, 4.69) is 58.9 Å². The minimum Gasteiger partial charge on any atom is -0.508 e. The normalized spacial score (nSPS) is 14.3. The van der Waals surface area contributed by atoms with Crippen LogP contribution in [0.15, 0.2) is 64.3 Å². The lowest BCUT2D eigenvalue weighted by atomic mass is 9.98. The summed E-state index contributed by atoms with van der Waals surface area (Å²) in [7, 11) is 0. The van der Waals surface area contributed by atoms with Crippen molar-refractivity contribution in [2.75, 3.05) is 0 Å². The molecule has 2 rings (SSSR count). The second-order valence-electron chi connectivity index (χ2n) is 10.00. The fourth-order valence-corrected chi connectivity index (χ4v) is 4.13. The molecular formula is C31H42O3. The molecule has 1 aromatic rings. The van der Waals surface area contributed by atoms with Gasteiger partial charge in [0.05, 0.1) is 5.57 Å². The first kappa shape index (κ1) is 27.4. The molecule has 0 spiro atoms. The molecule has 0 saturated heterocycles. The van der Waals surface area contributed by atoms with Gasteiger partial charge in [-0.1, -0.05) is 52.2 Å². The Balaban J connectivity index is 1.88. The number of fused-ring (bicyclic) bond motifs is 1. The van der Waals surface area contributed by atoms with E-state index < -0.39 is 0 Å². The Kier molecular flexibility index (Phi) is 10.6. The van der Waals surface area contributed by atoms with Gasteiger partial charge in [0.15, 0.2) is 0 Å². The second-order valence-corrected chi connectivity index (χ2v) is 10.00. The zero-order valence-corrected chi connectivity index (χ0v) is 22.2. The zero-order chi connectivity index (χ0) is 25.3. The number of allylic oxidation sites excluding steroid dienone is 9. The van der Waals surface area contributed by atoms with Gasteiger partial charge in [-0.25, -0.2) is 4.79 Å². The average molecular weight is 463 g/mol. The molecule has 0 amide bonds. The number of hydrogen-bond donors (Lipinski definition) is 1. The van der Waals surface area contributed by atoms with Gasteiger partial charge in [-0.05, 0) is 106 Å². The first-order valence-corrected chi connectivity index (χ1v) is 12.4. The Bertz CT molecular complexity index is 1040. The van der Waals surface area contributed by atoms with Crippen LogP contribution in [-0.4, -0.2) is 11.1 Å². The lowest BCUT2D eigenvalue weighted by molar-refractivity contribution is -0.127. The Labute approximate surface area is 206 Å². The third-order valence-electron chi connectivity index (χ3n) is 6.14. The maximum absolute atomic E-state index is 12.3. The summed E-state index contributed by atoms with van der Waals surface area (Å²) >= 11 is 0. The molecule has 3 heteroatoms. The van der Waals surface area contributed by atoms with Crippen LogP contribution in [0.4, 0.5) is 0 Å². The predicted molar refractivity (Wildman–Crippen MR) is 144 cm³/mol. The van der Waals surface area contributed by atoms with Gasteiger partial charge in [-0.15, -0.1) is 0 Å². The minimum absolute atomic E-state index is 0.164. The first-order chi connectivity index (χ1) is 16.1. The van der Waals surface area contributed by atoms with Crippen LogP contribution >= 0.6 is 0 Å². The molecule has 34 heavy (non-hydrogen) atoms. The molecule has 3 nitrogen and oxygen atoms in total. The SMILES string of the molecule is CC(C)=CCC/C(C)=C/CCC(C)=CCC/C(C)=C/Cc1cc(O)cc2c1OC(=O)C2=C(C)C. The maximum atomic E-state index is 12.3. The quantitative estimate of drug-likeness (QED) is 0.155. The van der Waals surface area contributed by atoms with Crippen molar-refractivity contribution in [3.8, 4) is 11.5 Å². The number of benzene rings is 1. The Morgan fingerprint density at radius 1 is 0.794 bits per heavy atom. The van der Waals surface area contributed by atoms with Crippen molar-refractivity contribution in [1.29, 1.82) is 0 Å². The van der Waals surface area contributed by atoms with E-state index in [0.29, 0.717) is 23.3 Å². The number of aromatic hydroxyl groups is 1. The number of ether oxygens (including phenoxy) is 1. The van der Waals surface area contributed by atoms with Crippen molar-refractivity contribution in [1.82, 2.24) is 0 Å². The summed E-state index contributed by atoms with van der Waals surface area (Å²) in [6.45, 7) is 14.7. The van der Waals surface area contributed by atoms with Crippen molar-refractivity contribution in [3.63, 3.8) is 0 Å². The van der Waals surface area contributed by atoms with E-state index in [4.69, 9.17) is 4.74 Å². The van der Waals surface area contributed by atoms with Gasteiger partial charge >= 0.3 is 5.97 Å². The molecule has 1 aromatic carbocycles. The van der Waals surface area contributed by atoms with Gasteiger partial charge in [-0.2, -0.15) is 0 Å². The number of hydrogen-bond acceptors (Lipinski definition) is 3. The number of carbonyl (C=O) groups excluding carboxylic acids is 1. The molecule has 0 bridgehead atoms. The van der Waals surface area contributed by atoms with E-state index >= 15 is 0 Å². The van der Waals surface area contributed by atoms with Crippen LogP contribution in [0.25, 0.3) is 5.57 Å². The number of esters is 1. The van der Waals surface area contributed by atoms with Gasteiger partial charge in [0.2, 0.25) is 0 Å². The van der Waals surface area contributed by atoms with Crippen LogP contribution in [0.1, 0.15) is 98.1 Å². The van der Waals surface area contributed by atoms with E-state index in [1.807, 2.05) is 13.8 Å². The van der Waals surface area contributed by atoms with Crippen LogP contribution in [-0.2, 0) is 11.2 Å². The summed E-state index contributed by atoms with van der Waals surface area (Å²) in [6, 6.07) is 3.32. The topological polar surface area (TPSA) is 46.5 Å². The Morgan fingerprint density at radius 2 is 1.32 bits per heavy atom. The summed E-state index contributed by atoms with van der Waals surface area (Å²) in [4.78, 5) is 12.3. The smallest absolute Gasteiger partial charge is 0.344 e. The van der Waals surface area contributed by atoms with E-state index in [1.165, 1.54) is 22.3 Å². The molecule has 1 heterocycles. The maximum Gasteiger partial charge on any atom is 0.344 e. The number of phenols is 1. The molecular weight excluding hydrogens is 420 g/mol. The van der Waals surface area contributed by atoms with Gasteiger partial charge in [0.25, 0.3) is 0 Å². The molecule has 0 radical (unpaired) electrons. The average Bonchev–Trinajstić information content (AvgIpc) is 3.07. The van der Waals surface area contributed by atoms with E-state index in [-0.39, 0.29) is 11.7 Å². The van der Waals surface area contributed by atoms with E-state index in [9.17, 15) is 9.90 Å². The van der Waals surface area contributed by atoms with Crippen LogP contribution in [0.2, 0.25) is 0 Å². The molecule has 1 aliphatic heterocycles. The summed E-state index contributed by atoms with van der Waals surface area (Å²) < 4.78 is 5.54. The Morgan fingerprint density at radius 3 is 1.85 bits per heavy atom. The van der Waals surface area contributed by atoms with Crippen molar-refractivity contribution in [2.45, 2.75) is 93.4 Å². The Hall–Kier alpha value is -2.81. The van der Waals surface area contributed by atoms with Gasteiger partial charge in [-0.3, -0.25) is 0 Å². The molecule has 184 valence electrons. The van der Waals surface area contributed by atoms with Crippen LogP contribution in [0.5, 0.6) is 11.5 Å². The third kappa shape index (κ3) is 8.52. The van der Waals surface area contributed by atoms with Crippen LogP contribution in [0.3, 0.4) is 0 Å². The van der Waals surface area contributed by atoms with Crippen LogP contribution in [0, 0.1) is 0 Å². The van der Waals surface area contributed by atoms with E-state index in [0.717, 1.165) is 49.7 Å². The summed E-state index contributed by atoms with van der Waals surface area (Å²) in [6.07, 6.45) is 16.3. The summed E-state index contributed by atoms with van der Waals surface area (Å²) in [5.74, 6) is 0.417. The lowest BCUT2D eigenvalue weighted by Gasteiger charge is -2.07. The highest BCUT2D eigenvalue weighted by Crippen LogP contribution is 2.41. The lowest BCUT2D eigenvalue weighted by Crippen LogP contribution is -2.02. The van der Waals surface area contributed by atoms with Crippen molar-refractivity contribution in [3.05, 3.63) is 75.4 Å². The van der Waals surface area contributed by atoms with Gasteiger partial charge < -0.3 is 9.84 Å². The number of phenolic OH excluding ortho intramolecular Hbond substituents is 1. The molecule has 0 aliphatic carbocycles. The fourth-order valence-electron chi connectivity index (χ4n) is 4.13. The molecule has 0 fully saturated rings. The molecule has 0 atom stereocenters. The molecule has 1 aliphatic rings. The van der Waals surface area contributed by atoms with Crippen LogP contribution < -0.4 is 4.74 Å². The summed E-state index contributed by atoms with van der Waals surface area (Å²) in [5, 5.41) is 10.2. The van der Waals surface area contributed by atoms with Gasteiger partial charge in [0, 0.05) is 11.1 Å². The highest BCUT2D eigenvalue weighted by Gasteiger charge is 2.30. The van der Waals surface area contributed by atoms with Gasteiger partial charge in [0.1, 0.15) is 11.5 Å². The summed E-state index contributed by atoms with van der Waals surface area (Å²) in [5.41, 5.74) is 8.60. The number of carbonyl (C=O) groups is 1. The van der Waals surface area contributed by atoms with Crippen molar-refractivity contribution in [2.24, 2.45) is 0 Å².